The third-order valence-corrected chi connectivity index (χ3v) is 5.88. The summed E-state index contributed by atoms with van der Waals surface area (Å²) in [6.07, 6.45) is 2.28. The van der Waals surface area contributed by atoms with Crippen LogP contribution < -0.4 is 10.6 Å². The predicted molar refractivity (Wildman–Crippen MR) is 82.3 cm³/mol. The van der Waals surface area contributed by atoms with E-state index in [4.69, 9.17) is 5.73 Å². The van der Waals surface area contributed by atoms with Gasteiger partial charge in [-0.3, -0.25) is 0 Å². The second-order valence-electron chi connectivity index (χ2n) is 5.49. The van der Waals surface area contributed by atoms with Gasteiger partial charge in [0, 0.05) is 27.2 Å². The van der Waals surface area contributed by atoms with Gasteiger partial charge in [-0.05, 0) is 24.5 Å². The highest BCUT2D eigenvalue weighted by Gasteiger charge is 2.26. The van der Waals surface area contributed by atoms with E-state index in [2.05, 4.69) is 11.8 Å². The summed E-state index contributed by atoms with van der Waals surface area (Å²) < 4.78 is 25.7. The lowest BCUT2D eigenvalue weighted by atomic mass is 10.1. The van der Waals surface area contributed by atoms with Crippen molar-refractivity contribution in [3.8, 4) is 0 Å². The molecule has 0 aromatic heterocycles. The molecule has 1 aliphatic rings. The maximum Gasteiger partial charge on any atom is 0.244 e. The van der Waals surface area contributed by atoms with E-state index in [9.17, 15) is 8.42 Å². The minimum Gasteiger partial charge on any atom is -0.396 e. The molecule has 1 aliphatic heterocycles. The maximum atomic E-state index is 12.3. The van der Waals surface area contributed by atoms with Crippen LogP contribution in [-0.2, 0) is 10.0 Å². The van der Waals surface area contributed by atoms with Crippen molar-refractivity contribution in [2.45, 2.75) is 24.7 Å². The first-order valence-electron chi connectivity index (χ1n) is 6.94. The van der Waals surface area contributed by atoms with Crippen LogP contribution in [0.3, 0.4) is 0 Å². The number of sulfonamides is 1. The molecule has 2 N–H and O–H groups in total. The van der Waals surface area contributed by atoms with Crippen molar-refractivity contribution >= 4 is 21.4 Å². The van der Waals surface area contributed by atoms with Crippen molar-refractivity contribution in [2.24, 2.45) is 5.92 Å². The number of para-hydroxylation sites is 1. The van der Waals surface area contributed by atoms with Crippen LogP contribution >= 0.6 is 0 Å². The Morgan fingerprint density at radius 1 is 1.40 bits per heavy atom. The molecule has 2 rings (SSSR count). The molecule has 0 spiro atoms. The number of nitrogens with two attached hydrogens (primary N) is 1. The molecule has 0 radical (unpaired) electrons. The van der Waals surface area contributed by atoms with Crippen LogP contribution in [0.5, 0.6) is 0 Å². The molecule has 1 aromatic rings. The first-order chi connectivity index (χ1) is 9.37. The van der Waals surface area contributed by atoms with Crippen molar-refractivity contribution in [1.82, 2.24) is 4.31 Å². The van der Waals surface area contributed by atoms with Crippen LogP contribution in [0.4, 0.5) is 11.4 Å². The Labute approximate surface area is 121 Å². The molecule has 1 unspecified atom stereocenters. The summed E-state index contributed by atoms with van der Waals surface area (Å²) in [7, 11) is -0.461. The van der Waals surface area contributed by atoms with Gasteiger partial charge in [-0.2, -0.15) is 0 Å². The van der Waals surface area contributed by atoms with E-state index >= 15 is 0 Å². The molecule has 5 nitrogen and oxygen atoms in total. The zero-order valence-electron chi connectivity index (χ0n) is 12.3. The largest absolute Gasteiger partial charge is 0.396 e. The van der Waals surface area contributed by atoms with Crippen LogP contribution in [0.1, 0.15) is 19.8 Å². The molecule has 1 heterocycles. The summed E-state index contributed by atoms with van der Waals surface area (Å²) in [6.45, 7) is 4.07. The molecule has 1 aromatic carbocycles. The highest BCUT2D eigenvalue weighted by Crippen LogP contribution is 2.34. The van der Waals surface area contributed by atoms with Gasteiger partial charge in [0.25, 0.3) is 0 Å². The second-order valence-corrected chi connectivity index (χ2v) is 7.61. The van der Waals surface area contributed by atoms with Gasteiger partial charge in [0.2, 0.25) is 10.0 Å². The fourth-order valence-electron chi connectivity index (χ4n) is 2.61. The van der Waals surface area contributed by atoms with E-state index in [1.807, 2.05) is 6.07 Å². The van der Waals surface area contributed by atoms with Gasteiger partial charge in [-0.25, -0.2) is 12.7 Å². The Hall–Kier alpha value is -1.27. The van der Waals surface area contributed by atoms with E-state index in [-0.39, 0.29) is 4.90 Å². The number of nitrogens with zero attached hydrogens (tertiary/aromatic N) is 2. The third kappa shape index (κ3) is 2.62. The molecule has 1 atom stereocenters. The van der Waals surface area contributed by atoms with Crippen LogP contribution in [-0.4, -0.2) is 39.9 Å². The van der Waals surface area contributed by atoms with Gasteiger partial charge in [-0.15, -0.1) is 0 Å². The smallest absolute Gasteiger partial charge is 0.244 e. The summed E-state index contributed by atoms with van der Waals surface area (Å²) in [6, 6.07) is 5.24. The highest BCUT2D eigenvalue weighted by atomic mass is 32.2. The summed E-state index contributed by atoms with van der Waals surface area (Å²) in [5.41, 5.74) is 7.32. The lowest BCUT2D eigenvalue weighted by Gasteiger charge is -2.23. The van der Waals surface area contributed by atoms with Gasteiger partial charge < -0.3 is 10.6 Å². The molecule has 0 saturated carbocycles. The van der Waals surface area contributed by atoms with Crippen molar-refractivity contribution < 1.29 is 8.42 Å². The summed E-state index contributed by atoms with van der Waals surface area (Å²) >= 11 is 0. The Kier molecular flexibility index (Phi) is 4.25. The zero-order valence-corrected chi connectivity index (χ0v) is 13.2. The van der Waals surface area contributed by atoms with Gasteiger partial charge in [0.05, 0.1) is 11.4 Å². The van der Waals surface area contributed by atoms with E-state index in [0.29, 0.717) is 11.6 Å². The molecule has 112 valence electrons. The molecule has 1 fully saturated rings. The van der Waals surface area contributed by atoms with Gasteiger partial charge >= 0.3 is 0 Å². The van der Waals surface area contributed by atoms with E-state index in [1.54, 1.807) is 12.1 Å². The zero-order chi connectivity index (χ0) is 14.9. The van der Waals surface area contributed by atoms with Crippen LogP contribution in [0.15, 0.2) is 23.1 Å². The lowest BCUT2D eigenvalue weighted by molar-refractivity contribution is 0.521. The van der Waals surface area contributed by atoms with Gasteiger partial charge in [0.1, 0.15) is 4.90 Å². The predicted octanol–water partition coefficient (Wildman–Crippen LogP) is 1.76. The maximum absolute atomic E-state index is 12.3. The fourth-order valence-corrected chi connectivity index (χ4v) is 3.64. The molecule has 0 aliphatic carbocycles. The van der Waals surface area contributed by atoms with E-state index in [1.165, 1.54) is 18.4 Å². The Morgan fingerprint density at radius 3 is 2.65 bits per heavy atom. The highest BCUT2D eigenvalue weighted by molar-refractivity contribution is 7.89. The molecule has 0 bridgehead atoms. The molecular weight excluding hydrogens is 274 g/mol. The Morgan fingerprint density at radius 2 is 2.10 bits per heavy atom. The van der Waals surface area contributed by atoms with Crippen LogP contribution in [0.25, 0.3) is 0 Å². The Balaban J connectivity index is 2.39. The Bertz CT molecular complexity index is 584. The SMILES string of the molecule is CCC1CCN(c2cccc(S(=O)(=O)N(C)C)c2N)C1. The quantitative estimate of drug-likeness (QED) is 0.860. The lowest BCUT2D eigenvalue weighted by Crippen LogP contribution is -2.25. The molecule has 6 heteroatoms. The molecule has 1 saturated heterocycles. The van der Waals surface area contributed by atoms with E-state index in [0.717, 1.165) is 31.6 Å². The van der Waals surface area contributed by atoms with Crippen molar-refractivity contribution in [3.05, 3.63) is 18.2 Å². The summed E-state index contributed by atoms with van der Waals surface area (Å²) in [4.78, 5) is 2.39. The number of benzene rings is 1. The van der Waals surface area contributed by atoms with Crippen LogP contribution in [0, 0.1) is 5.92 Å². The molecule has 20 heavy (non-hydrogen) atoms. The number of hydrogen-bond donors (Lipinski definition) is 1. The van der Waals surface area contributed by atoms with E-state index < -0.39 is 10.0 Å². The third-order valence-electron chi connectivity index (χ3n) is 4.01. The summed E-state index contributed by atoms with van der Waals surface area (Å²) in [5, 5.41) is 0. The summed E-state index contributed by atoms with van der Waals surface area (Å²) in [5.74, 6) is 0.670. The molecular formula is C14H23N3O2S. The first-order valence-corrected chi connectivity index (χ1v) is 8.38. The average molecular weight is 297 g/mol. The molecule has 0 amide bonds. The van der Waals surface area contributed by atoms with Crippen molar-refractivity contribution in [2.75, 3.05) is 37.8 Å². The minimum absolute atomic E-state index is 0.194. The monoisotopic (exact) mass is 297 g/mol. The van der Waals surface area contributed by atoms with Crippen molar-refractivity contribution in [1.29, 1.82) is 0 Å². The van der Waals surface area contributed by atoms with Crippen LogP contribution in [0.2, 0.25) is 0 Å². The van der Waals surface area contributed by atoms with Gasteiger partial charge in [-0.1, -0.05) is 19.4 Å². The number of nitrogen functional groups attached to an aromatic ring is 1. The van der Waals surface area contributed by atoms with Gasteiger partial charge in [0.15, 0.2) is 0 Å². The van der Waals surface area contributed by atoms with Crippen molar-refractivity contribution in [3.63, 3.8) is 0 Å². The standard InChI is InChI=1S/C14H23N3O2S/c1-4-11-8-9-17(10-11)12-6-5-7-13(14(12)15)20(18,19)16(2)3/h5-7,11H,4,8-10,15H2,1-3H3. The minimum atomic E-state index is -3.50. The normalized spacial score (nSPS) is 19.8. The number of rotatable bonds is 4. The second kappa shape index (κ2) is 5.61. The fraction of sp³-hybridized carbons (Fsp3) is 0.571. The topological polar surface area (TPSA) is 66.6 Å². The number of hydrogen-bond acceptors (Lipinski definition) is 4. The first kappa shape index (κ1) is 15.1. The number of anilines is 2. The average Bonchev–Trinajstić information content (AvgIpc) is 2.87.